The van der Waals surface area contributed by atoms with Gasteiger partial charge in [0.2, 0.25) is 5.95 Å². The Bertz CT molecular complexity index is 870. The fraction of sp³-hybridized carbons (Fsp3) is 0.389. The van der Waals surface area contributed by atoms with Gasteiger partial charge in [0.25, 0.3) is 0 Å². The van der Waals surface area contributed by atoms with Crippen molar-refractivity contribution in [2.45, 2.75) is 44.7 Å². The molecule has 4 rings (SSSR count). The molecule has 3 N–H and O–H groups in total. The fourth-order valence-electron chi connectivity index (χ4n) is 3.40. The maximum Gasteiger partial charge on any atom is 0.226 e. The molecule has 0 unspecified atom stereocenters. The summed E-state index contributed by atoms with van der Waals surface area (Å²) in [5.41, 5.74) is 8.72. The van der Waals surface area contributed by atoms with Crippen LogP contribution in [0.25, 0.3) is 11.2 Å². The number of benzene rings is 1. The van der Waals surface area contributed by atoms with Crippen LogP contribution >= 0.6 is 15.9 Å². The molecule has 1 aliphatic rings. The first-order valence-corrected chi connectivity index (χ1v) is 9.50. The van der Waals surface area contributed by atoms with Gasteiger partial charge >= 0.3 is 0 Å². The van der Waals surface area contributed by atoms with Crippen LogP contribution in [0.2, 0.25) is 0 Å². The van der Waals surface area contributed by atoms with E-state index in [0.717, 1.165) is 18.5 Å². The van der Waals surface area contributed by atoms with Crippen LogP contribution in [-0.4, -0.2) is 25.6 Å². The van der Waals surface area contributed by atoms with E-state index in [1.807, 2.05) is 22.8 Å². The molecule has 1 aliphatic carbocycles. The van der Waals surface area contributed by atoms with Crippen LogP contribution in [0.3, 0.4) is 0 Å². The zero-order valence-corrected chi connectivity index (χ0v) is 15.5. The zero-order chi connectivity index (χ0) is 17.2. The minimum atomic E-state index is 0.413. The Balaban J connectivity index is 1.69. The molecule has 0 spiro atoms. The van der Waals surface area contributed by atoms with Gasteiger partial charge in [0, 0.05) is 6.04 Å². The number of anilines is 2. The molecule has 25 heavy (non-hydrogen) atoms. The van der Waals surface area contributed by atoms with Gasteiger partial charge < -0.3 is 11.1 Å². The molecule has 2 heterocycles. The predicted molar refractivity (Wildman–Crippen MR) is 103 cm³/mol. The Morgan fingerprint density at radius 3 is 2.60 bits per heavy atom. The number of nitrogen functional groups attached to an aromatic ring is 1. The normalized spacial score (nSPS) is 15.6. The third kappa shape index (κ3) is 3.46. The number of aromatic nitrogens is 4. The first-order chi connectivity index (χ1) is 12.2. The Morgan fingerprint density at radius 1 is 1.08 bits per heavy atom. The maximum atomic E-state index is 6.15. The van der Waals surface area contributed by atoms with Crippen LogP contribution in [0.5, 0.6) is 0 Å². The van der Waals surface area contributed by atoms with E-state index in [1.165, 1.54) is 24.8 Å². The van der Waals surface area contributed by atoms with Gasteiger partial charge in [-0.25, -0.2) is 4.98 Å². The number of rotatable bonds is 4. The lowest BCUT2D eigenvalue weighted by atomic mass is 9.96. The topological polar surface area (TPSA) is 81.7 Å². The molecule has 0 bridgehead atoms. The summed E-state index contributed by atoms with van der Waals surface area (Å²) in [6.07, 6.45) is 6.15. The molecule has 1 saturated carbocycles. The van der Waals surface area contributed by atoms with Crippen molar-refractivity contribution in [2.24, 2.45) is 0 Å². The highest BCUT2D eigenvalue weighted by atomic mass is 79.9. The molecule has 1 aromatic carbocycles. The van der Waals surface area contributed by atoms with Crippen molar-refractivity contribution in [3.05, 3.63) is 40.6 Å². The second-order valence-corrected chi connectivity index (χ2v) is 7.25. The molecule has 0 aliphatic heterocycles. The molecular weight excluding hydrogens is 380 g/mol. The van der Waals surface area contributed by atoms with Crippen LogP contribution < -0.4 is 11.1 Å². The van der Waals surface area contributed by atoms with Gasteiger partial charge in [-0.2, -0.15) is 9.97 Å². The third-order valence-corrected chi connectivity index (χ3v) is 5.30. The summed E-state index contributed by atoms with van der Waals surface area (Å²) >= 11 is 3.53. The van der Waals surface area contributed by atoms with E-state index < -0.39 is 0 Å². The van der Waals surface area contributed by atoms with Gasteiger partial charge in [-0.3, -0.25) is 4.57 Å². The smallest absolute Gasteiger partial charge is 0.226 e. The molecule has 3 aromatic rings. The van der Waals surface area contributed by atoms with E-state index in [1.54, 1.807) is 0 Å². The number of hydrogen-bond donors (Lipinski definition) is 2. The molecule has 0 atom stereocenters. The second kappa shape index (κ2) is 7.00. The average molecular weight is 401 g/mol. The second-order valence-electron chi connectivity index (χ2n) is 6.54. The van der Waals surface area contributed by atoms with Gasteiger partial charge in [0.05, 0.1) is 6.54 Å². The molecule has 7 heteroatoms. The Kier molecular flexibility index (Phi) is 4.57. The molecule has 0 amide bonds. The Hall–Kier alpha value is -2.15. The average Bonchev–Trinajstić information content (AvgIpc) is 2.94. The monoisotopic (exact) mass is 400 g/mol. The summed E-state index contributed by atoms with van der Waals surface area (Å²) < 4.78 is 2.73. The lowest BCUT2D eigenvalue weighted by molar-refractivity contribution is 0.461. The fourth-order valence-corrected chi connectivity index (χ4v) is 3.87. The Labute approximate surface area is 155 Å². The van der Waals surface area contributed by atoms with Crippen LogP contribution in [0, 0.1) is 0 Å². The number of hydrogen-bond acceptors (Lipinski definition) is 5. The minimum absolute atomic E-state index is 0.413. The number of nitrogens with zero attached hydrogens (tertiary/aromatic N) is 4. The summed E-state index contributed by atoms with van der Waals surface area (Å²) in [7, 11) is 0. The van der Waals surface area contributed by atoms with Gasteiger partial charge in [-0.05, 0) is 34.3 Å². The number of halogens is 1. The van der Waals surface area contributed by atoms with Crippen molar-refractivity contribution >= 4 is 38.9 Å². The van der Waals surface area contributed by atoms with Crippen molar-refractivity contribution in [2.75, 3.05) is 11.1 Å². The van der Waals surface area contributed by atoms with Crippen LogP contribution in [0.1, 0.15) is 37.7 Å². The van der Waals surface area contributed by atoms with Crippen molar-refractivity contribution < 1.29 is 0 Å². The van der Waals surface area contributed by atoms with E-state index in [-0.39, 0.29) is 0 Å². The lowest BCUT2D eigenvalue weighted by Crippen LogP contribution is -2.23. The Morgan fingerprint density at radius 2 is 1.84 bits per heavy atom. The number of nitrogens with one attached hydrogen (secondary N) is 1. The SMILES string of the molecule is Nc1nc(NC2CCCCC2)nc2c1nc(Br)n2Cc1ccccc1. The van der Waals surface area contributed by atoms with Crippen molar-refractivity contribution in [1.29, 1.82) is 0 Å². The first kappa shape index (κ1) is 16.3. The quantitative estimate of drug-likeness (QED) is 0.647. The summed E-state index contributed by atoms with van der Waals surface area (Å²) in [4.78, 5) is 13.6. The van der Waals surface area contributed by atoms with E-state index in [0.29, 0.717) is 34.6 Å². The van der Waals surface area contributed by atoms with Crippen LogP contribution in [0.15, 0.2) is 35.1 Å². The molecule has 2 aromatic heterocycles. The maximum absolute atomic E-state index is 6.15. The summed E-state index contributed by atoms with van der Waals surface area (Å²) in [6.45, 7) is 0.678. The number of fused-ring (bicyclic) bond motifs is 1. The van der Waals surface area contributed by atoms with Gasteiger partial charge in [-0.1, -0.05) is 49.6 Å². The number of imidazole rings is 1. The van der Waals surface area contributed by atoms with Gasteiger partial charge in [0.1, 0.15) is 0 Å². The summed E-state index contributed by atoms with van der Waals surface area (Å²) in [5.74, 6) is 1.01. The molecule has 130 valence electrons. The van der Waals surface area contributed by atoms with Crippen molar-refractivity contribution in [3.8, 4) is 0 Å². The highest BCUT2D eigenvalue weighted by Gasteiger charge is 2.18. The summed E-state index contributed by atoms with van der Waals surface area (Å²) in [5, 5.41) is 3.46. The van der Waals surface area contributed by atoms with E-state index in [4.69, 9.17) is 10.7 Å². The summed E-state index contributed by atoms with van der Waals surface area (Å²) in [6, 6.07) is 10.7. The lowest BCUT2D eigenvalue weighted by Gasteiger charge is -2.22. The van der Waals surface area contributed by atoms with Crippen molar-refractivity contribution in [1.82, 2.24) is 19.5 Å². The highest BCUT2D eigenvalue weighted by Crippen LogP contribution is 2.26. The van der Waals surface area contributed by atoms with Crippen LogP contribution in [0.4, 0.5) is 11.8 Å². The number of nitrogens with two attached hydrogens (primary N) is 1. The van der Waals surface area contributed by atoms with Gasteiger partial charge in [0.15, 0.2) is 21.7 Å². The highest BCUT2D eigenvalue weighted by molar-refractivity contribution is 9.10. The van der Waals surface area contributed by atoms with E-state index >= 15 is 0 Å². The first-order valence-electron chi connectivity index (χ1n) is 8.70. The standard InChI is InChI=1S/C18H21BrN6/c19-17-22-14-15(20)23-18(21-13-9-5-2-6-10-13)24-16(14)25(17)11-12-7-3-1-4-8-12/h1,3-4,7-8,13H,2,5-6,9-11H2,(H3,20,21,23,24). The van der Waals surface area contributed by atoms with Crippen molar-refractivity contribution in [3.63, 3.8) is 0 Å². The minimum Gasteiger partial charge on any atom is -0.382 e. The van der Waals surface area contributed by atoms with E-state index in [2.05, 4.69) is 43.3 Å². The molecule has 1 fully saturated rings. The molecule has 6 nitrogen and oxygen atoms in total. The molecule has 0 radical (unpaired) electrons. The molecule has 0 saturated heterocycles. The largest absolute Gasteiger partial charge is 0.382 e. The van der Waals surface area contributed by atoms with Gasteiger partial charge in [-0.15, -0.1) is 0 Å². The van der Waals surface area contributed by atoms with Crippen LogP contribution in [-0.2, 0) is 6.54 Å². The zero-order valence-electron chi connectivity index (χ0n) is 14.0. The third-order valence-electron chi connectivity index (χ3n) is 4.70. The van der Waals surface area contributed by atoms with E-state index in [9.17, 15) is 0 Å². The predicted octanol–water partition coefficient (Wildman–Crippen LogP) is 3.96. The molecular formula is C18H21BrN6.